The van der Waals surface area contributed by atoms with E-state index >= 15 is 0 Å². The van der Waals surface area contributed by atoms with Crippen molar-refractivity contribution >= 4 is 10.0 Å². The predicted molar refractivity (Wildman–Crippen MR) is 66.5 cm³/mol. The molecule has 5 nitrogen and oxygen atoms in total. The van der Waals surface area contributed by atoms with Crippen LogP contribution < -0.4 is 0 Å². The van der Waals surface area contributed by atoms with Gasteiger partial charge in [-0.05, 0) is 18.8 Å². The third kappa shape index (κ3) is 5.33. The van der Waals surface area contributed by atoms with Crippen LogP contribution in [0.4, 0.5) is 0 Å². The van der Waals surface area contributed by atoms with Crippen LogP contribution >= 0.6 is 0 Å². The lowest BCUT2D eigenvalue weighted by Crippen LogP contribution is -2.41. The number of methoxy groups -OCH3 is 1. The van der Waals surface area contributed by atoms with Gasteiger partial charge in [0.2, 0.25) is 10.0 Å². The first-order chi connectivity index (χ1) is 8.06. The molecule has 1 rings (SSSR count). The van der Waals surface area contributed by atoms with E-state index in [-0.39, 0.29) is 12.4 Å². The van der Waals surface area contributed by atoms with Gasteiger partial charge < -0.3 is 9.47 Å². The number of ether oxygens (including phenoxy) is 2. The molecule has 102 valence electrons. The summed E-state index contributed by atoms with van der Waals surface area (Å²) in [6.07, 6.45) is 2.08. The highest BCUT2D eigenvalue weighted by Crippen LogP contribution is 2.18. The van der Waals surface area contributed by atoms with Gasteiger partial charge in [0.15, 0.2) is 0 Å². The SMILES string of the molecule is COCCOCCS(=O)(=O)N1CCCC(C)C1. The van der Waals surface area contributed by atoms with Crippen LogP contribution in [0.2, 0.25) is 0 Å². The van der Waals surface area contributed by atoms with Crippen molar-refractivity contribution < 1.29 is 17.9 Å². The summed E-state index contributed by atoms with van der Waals surface area (Å²) >= 11 is 0. The molecule has 0 N–H and O–H groups in total. The highest BCUT2D eigenvalue weighted by atomic mass is 32.2. The van der Waals surface area contributed by atoms with Crippen molar-refractivity contribution in [3.8, 4) is 0 Å². The average molecular weight is 265 g/mol. The van der Waals surface area contributed by atoms with Gasteiger partial charge in [0, 0.05) is 20.2 Å². The maximum atomic E-state index is 12.0. The quantitative estimate of drug-likeness (QED) is 0.636. The summed E-state index contributed by atoms with van der Waals surface area (Å²) in [5, 5.41) is 0. The Morgan fingerprint density at radius 2 is 2.06 bits per heavy atom. The summed E-state index contributed by atoms with van der Waals surface area (Å²) in [5.41, 5.74) is 0. The molecule has 0 amide bonds. The van der Waals surface area contributed by atoms with Crippen LogP contribution in [0.25, 0.3) is 0 Å². The molecule has 0 aromatic carbocycles. The smallest absolute Gasteiger partial charge is 0.216 e. The van der Waals surface area contributed by atoms with Gasteiger partial charge in [0.1, 0.15) is 0 Å². The van der Waals surface area contributed by atoms with Gasteiger partial charge in [-0.15, -0.1) is 0 Å². The lowest BCUT2D eigenvalue weighted by atomic mass is 10.0. The van der Waals surface area contributed by atoms with Gasteiger partial charge >= 0.3 is 0 Å². The maximum absolute atomic E-state index is 12.0. The van der Waals surface area contributed by atoms with E-state index in [0.29, 0.717) is 32.2 Å². The first-order valence-electron chi connectivity index (χ1n) is 6.11. The molecule has 0 bridgehead atoms. The summed E-state index contributed by atoms with van der Waals surface area (Å²) in [6.45, 7) is 4.60. The van der Waals surface area contributed by atoms with Gasteiger partial charge in [-0.2, -0.15) is 0 Å². The minimum Gasteiger partial charge on any atom is -0.382 e. The van der Waals surface area contributed by atoms with E-state index in [1.165, 1.54) is 0 Å². The van der Waals surface area contributed by atoms with E-state index in [1.54, 1.807) is 11.4 Å². The Bertz CT molecular complexity index is 305. The van der Waals surface area contributed by atoms with Gasteiger partial charge in [-0.1, -0.05) is 6.92 Å². The fraction of sp³-hybridized carbons (Fsp3) is 1.00. The molecule has 0 saturated carbocycles. The van der Waals surface area contributed by atoms with Crippen LogP contribution in [0.5, 0.6) is 0 Å². The molecule has 0 aromatic rings. The number of sulfonamides is 1. The number of hydrogen-bond acceptors (Lipinski definition) is 4. The molecule has 1 fully saturated rings. The van der Waals surface area contributed by atoms with E-state index in [0.717, 1.165) is 12.8 Å². The highest BCUT2D eigenvalue weighted by Gasteiger charge is 2.26. The highest BCUT2D eigenvalue weighted by molar-refractivity contribution is 7.89. The number of nitrogens with zero attached hydrogens (tertiary/aromatic N) is 1. The fourth-order valence-corrected chi connectivity index (χ4v) is 3.41. The van der Waals surface area contributed by atoms with Gasteiger partial charge in [-0.25, -0.2) is 12.7 Å². The normalized spacial score (nSPS) is 22.8. The molecule has 1 atom stereocenters. The van der Waals surface area contributed by atoms with Crippen LogP contribution in [0, 0.1) is 5.92 Å². The van der Waals surface area contributed by atoms with Crippen LogP contribution in [0.15, 0.2) is 0 Å². The Balaban J connectivity index is 2.29. The molecule has 1 aliphatic rings. The zero-order valence-electron chi connectivity index (χ0n) is 10.7. The van der Waals surface area contributed by atoms with Crippen molar-refractivity contribution in [1.29, 1.82) is 0 Å². The van der Waals surface area contributed by atoms with Crippen molar-refractivity contribution in [1.82, 2.24) is 4.31 Å². The third-order valence-electron chi connectivity index (χ3n) is 2.93. The minimum absolute atomic E-state index is 0.0729. The number of hydrogen-bond donors (Lipinski definition) is 0. The van der Waals surface area contributed by atoms with E-state index in [1.807, 2.05) is 0 Å². The zero-order valence-corrected chi connectivity index (χ0v) is 11.5. The maximum Gasteiger partial charge on any atom is 0.216 e. The monoisotopic (exact) mass is 265 g/mol. The van der Waals surface area contributed by atoms with E-state index in [4.69, 9.17) is 9.47 Å². The molecular weight excluding hydrogens is 242 g/mol. The summed E-state index contributed by atoms with van der Waals surface area (Å²) in [6, 6.07) is 0. The van der Waals surface area contributed by atoms with Gasteiger partial charge in [0.25, 0.3) is 0 Å². The van der Waals surface area contributed by atoms with Crippen molar-refractivity contribution in [2.24, 2.45) is 5.92 Å². The summed E-state index contributed by atoms with van der Waals surface area (Å²) in [7, 11) is -1.54. The molecule has 0 aromatic heterocycles. The summed E-state index contributed by atoms with van der Waals surface area (Å²) in [4.78, 5) is 0. The van der Waals surface area contributed by atoms with E-state index in [2.05, 4.69) is 6.92 Å². The molecule has 6 heteroatoms. The van der Waals surface area contributed by atoms with Gasteiger partial charge in [-0.3, -0.25) is 0 Å². The van der Waals surface area contributed by atoms with Crippen LogP contribution in [-0.2, 0) is 19.5 Å². The predicted octanol–water partition coefficient (Wildman–Crippen LogP) is 0.711. The van der Waals surface area contributed by atoms with E-state index in [9.17, 15) is 8.42 Å². The van der Waals surface area contributed by atoms with Crippen LogP contribution in [0.3, 0.4) is 0 Å². The molecule has 0 radical (unpaired) electrons. The average Bonchev–Trinajstić information content (AvgIpc) is 2.29. The van der Waals surface area contributed by atoms with Gasteiger partial charge in [0.05, 0.1) is 25.6 Å². The standard InChI is InChI=1S/C11H23NO4S/c1-11-4-3-5-12(10-11)17(13,14)9-8-16-7-6-15-2/h11H,3-10H2,1-2H3. The molecule has 1 unspecified atom stereocenters. The second-order valence-electron chi connectivity index (χ2n) is 4.53. The van der Waals surface area contributed by atoms with Crippen molar-refractivity contribution in [3.05, 3.63) is 0 Å². The Morgan fingerprint density at radius 3 is 2.71 bits per heavy atom. The minimum atomic E-state index is -3.14. The largest absolute Gasteiger partial charge is 0.382 e. The molecular formula is C11H23NO4S. The topological polar surface area (TPSA) is 55.8 Å². The summed E-state index contributed by atoms with van der Waals surface area (Å²) in [5.74, 6) is 0.539. The Hall–Kier alpha value is -0.170. The molecule has 1 aliphatic heterocycles. The Labute approximate surface area is 104 Å². The number of piperidine rings is 1. The van der Waals surface area contributed by atoms with Crippen molar-refractivity contribution in [3.63, 3.8) is 0 Å². The third-order valence-corrected chi connectivity index (χ3v) is 4.73. The second-order valence-corrected chi connectivity index (χ2v) is 6.62. The first kappa shape index (κ1) is 14.9. The lowest BCUT2D eigenvalue weighted by molar-refractivity contribution is 0.0780. The lowest BCUT2D eigenvalue weighted by Gasteiger charge is -2.29. The van der Waals surface area contributed by atoms with Crippen molar-refractivity contribution in [2.45, 2.75) is 19.8 Å². The molecule has 17 heavy (non-hydrogen) atoms. The van der Waals surface area contributed by atoms with Crippen LogP contribution in [0.1, 0.15) is 19.8 Å². The van der Waals surface area contributed by atoms with Crippen LogP contribution in [-0.4, -0.2) is 58.5 Å². The molecule has 1 heterocycles. The molecule has 0 spiro atoms. The Morgan fingerprint density at radius 1 is 1.29 bits per heavy atom. The molecule has 1 saturated heterocycles. The fourth-order valence-electron chi connectivity index (χ4n) is 1.94. The zero-order chi connectivity index (χ0) is 12.7. The second kappa shape index (κ2) is 7.31. The molecule has 0 aliphatic carbocycles. The first-order valence-corrected chi connectivity index (χ1v) is 7.71. The number of rotatable bonds is 7. The Kier molecular flexibility index (Phi) is 6.40. The van der Waals surface area contributed by atoms with Crippen molar-refractivity contribution in [2.75, 3.05) is 45.8 Å². The summed E-state index contributed by atoms with van der Waals surface area (Å²) < 4.78 is 35.6. The van der Waals surface area contributed by atoms with E-state index < -0.39 is 10.0 Å².